The van der Waals surface area contributed by atoms with E-state index in [9.17, 15) is 24.2 Å². The summed E-state index contributed by atoms with van der Waals surface area (Å²) < 4.78 is 12.4. The van der Waals surface area contributed by atoms with Gasteiger partial charge in [0.15, 0.2) is 0 Å². The number of nitrogens with one attached hydrogen (secondary N) is 1. The minimum absolute atomic E-state index is 0.0190. The van der Waals surface area contributed by atoms with Gasteiger partial charge in [0.25, 0.3) is 0 Å². The Morgan fingerprint density at radius 1 is 1.17 bits per heavy atom. The number of hydrogen-bond donors (Lipinski definition) is 3. The first-order chi connectivity index (χ1) is 13.6. The van der Waals surface area contributed by atoms with Crippen LogP contribution in [0.4, 0.5) is 0 Å². The van der Waals surface area contributed by atoms with Crippen molar-refractivity contribution in [1.82, 2.24) is 10.2 Å². The second-order valence-corrected chi connectivity index (χ2v) is 13.0. The molecule has 7 nitrogen and oxygen atoms in total. The molecule has 2 fully saturated rings. The maximum absolute atomic E-state index is 12.7. The topological polar surface area (TPSA) is 107 Å². The molecular formula is C20H38AsN2O5P. The first-order valence-corrected chi connectivity index (χ1v) is 14.4. The van der Waals surface area contributed by atoms with E-state index >= 15 is 0 Å². The van der Waals surface area contributed by atoms with Crippen molar-refractivity contribution in [2.24, 2.45) is 11.8 Å². The van der Waals surface area contributed by atoms with E-state index in [4.69, 9.17) is 0 Å². The van der Waals surface area contributed by atoms with Gasteiger partial charge in [-0.2, -0.15) is 0 Å². The van der Waals surface area contributed by atoms with Crippen LogP contribution in [0, 0.1) is 11.8 Å². The molecule has 1 aliphatic carbocycles. The number of rotatable bonds is 9. The maximum atomic E-state index is 12.7. The zero-order valence-corrected chi connectivity index (χ0v) is 21.1. The van der Waals surface area contributed by atoms with Crippen LogP contribution >= 0.6 is 7.37 Å². The number of carbonyl (C=O) groups excluding carboxylic acids is 2. The number of hydrogen-bond acceptors (Lipinski definition) is 4. The molecule has 0 aromatic rings. The Morgan fingerprint density at radius 3 is 2.45 bits per heavy atom. The van der Waals surface area contributed by atoms with Crippen LogP contribution in [0.5, 0.6) is 0 Å². The number of aliphatic hydroxyl groups excluding tert-OH is 1. The average Bonchev–Trinajstić information content (AvgIpc) is 3.14. The van der Waals surface area contributed by atoms with E-state index in [1.807, 2.05) is 13.8 Å². The molecule has 1 heterocycles. The molecule has 0 aromatic carbocycles. The third-order valence-corrected chi connectivity index (χ3v) is 10.4. The summed E-state index contributed by atoms with van der Waals surface area (Å²) in [5.41, 5.74) is 0. The first kappa shape index (κ1) is 24.9. The third-order valence-electron chi connectivity index (χ3n) is 6.12. The second kappa shape index (κ2) is 11.3. The van der Waals surface area contributed by atoms with Crippen molar-refractivity contribution in [3.63, 3.8) is 0 Å². The molecule has 29 heavy (non-hydrogen) atoms. The molecule has 5 unspecified atom stereocenters. The summed E-state index contributed by atoms with van der Waals surface area (Å²) in [5.74, 6) is 0.240. The molecule has 9 heteroatoms. The molecule has 0 bridgehead atoms. The summed E-state index contributed by atoms with van der Waals surface area (Å²) in [4.78, 5) is 37.2. The number of likely N-dealkylation sites (tertiary alicyclic amines) is 1. The standard InChI is InChI=1S/C20H38AsN2O5P/c1-14(2)18(21)20(26)23-10-6-9-17(23)19(25)22-11-16(24)13-29(27,28)12-15-7-4-3-5-8-15/h14-18,24H,3-13,21H2,1-2H3,(H,22,25)(H,27,28). The minimum Gasteiger partial charge on any atom is -0.0533 e. The molecule has 1 saturated carbocycles. The normalized spacial score (nSPS) is 24.9. The number of amides is 2. The molecular weight excluding hydrogens is 454 g/mol. The molecule has 1 aliphatic heterocycles. The molecule has 1 saturated heterocycles. The number of aliphatic hydroxyl groups is 1. The van der Waals surface area contributed by atoms with Gasteiger partial charge in [-0.25, -0.2) is 0 Å². The second-order valence-electron chi connectivity index (χ2n) is 9.07. The fourth-order valence-corrected chi connectivity index (χ4v) is 6.87. The van der Waals surface area contributed by atoms with Crippen molar-refractivity contribution >= 4 is 36.0 Å². The van der Waals surface area contributed by atoms with E-state index in [-0.39, 0.29) is 47.2 Å². The summed E-state index contributed by atoms with van der Waals surface area (Å²) in [7, 11) is -3.42. The minimum atomic E-state index is -3.42. The zero-order valence-electron chi connectivity index (χ0n) is 17.8. The summed E-state index contributed by atoms with van der Waals surface area (Å²) >= 11 is 1.38. The SMILES string of the molecule is CC(C)C([AsH2])C(=O)N1CCCC1C(=O)NCC(O)CP(=O)(O)CC1CCCCC1. The predicted molar refractivity (Wildman–Crippen MR) is 117 cm³/mol. The third kappa shape index (κ3) is 7.69. The van der Waals surface area contributed by atoms with Gasteiger partial charge in [-0.05, 0) is 12.8 Å². The first-order valence-electron chi connectivity index (χ1n) is 10.9. The molecule has 2 rings (SSSR count). The van der Waals surface area contributed by atoms with Crippen LogP contribution in [0.2, 0.25) is 4.71 Å². The Labute approximate surface area is 183 Å². The van der Waals surface area contributed by atoms with Gasteiger partial charge in [0, 0.05) is 0 Å². The van der Waals surface area contributed by atoms with E-state index in [0.717, 1.165) is 32.1 Å². The Bertz CT molecular complexity index is 612. The number of nitrogens with zero attached hydrogens (tertiary/aromatic N) is 1. The van der Waals surface area contributed by atoms with Crippen molar-refractivity contribution < 1.29 is 24.2 Å². The van der Waals surface area contributed by atoms with Gasteiger partial charge in [0.2, 0.25) is 0 Å². The summed E-state index contributed by atoms with van der Waals surface area (Å²) in [6, 6.07) is -0.505. The van der Waals surface area contributed by atoms with Gasteiger partial charge in [-0.15, -0.1) is 0 Å². The van der Waals surface area contributed by atoms with Crippen molar-refractivity contribution in [3.05, 3.63) is 0 Å². The van der Waals surface area contributed by atoms with E-state index < -0.39 is 19.5 Å². The quantitative estimate of drug-likeness (QED) is 0.333. The number of carbonyl (C=O) groups is 2. The van der Waals surface area contributed by atoms with E-state index in [2.05, 4.69) is 5.32 Å². The Morgan fingerprint density at radius 2 is 1.83 bits per heavy atom. The molecule has 0 aromatic heterocycles. The van der Waals surface area contributed by atoms with Gasteiger partial charge < -0.3 is 0 Å². The van der Waals surface area contributed by atoms with Crippen LogP contribution < -0.4 is 5.32 Å². The van der Waals surface area contributed by atoms with Gasteiger partial charge in [-0.1, -0.05) is 19.3 Å². The fraction of sp³-hybridized carbons (Fsp3) is 0.900. The zero-order chi connectivity index (χ0) is 21.6. The summed E-state index contributed by atoms with van der Waals surface area (Å²) in [6.45, 7) is 4.54. The average molecular weight is 492 g/mol. The summed E-state index contributed by atoms with van der Waals surface area (Å²) in [6.07, 6.45) is 5.80. The van der Waals surface area contributed by atoms with E-state index in [1.165, 1.54) is 23.3 Å². The molecule has 168 valence electrons. The van der Waals surface area contributed by atoms with E-state index in [1.54, 1.807) is 4.90 Å². The Kier molecular flexibility index (Phi) is 9.72. The van der Waals surface area contributed by atoms with Gasteiger partial charge in [0.1, 0.15) is 0 Å². The van der Waals surface area contributed by atoms with Crippen molar-refractivity contribution in [1.29, 1.82) is 0 Å². The Balaban J connectivity index is 1.81. The van der Waals surface area contributed by atoms with Crippen LogP contribution in [0.3, 0.4) is 0 Å². The molecule has 3 N–H and O–H groups in total. The molecule has 2 aliphatic rings. The van der Waals surface area contributed by atoms with Crippen molar-refractivity contribution in [2.45, 2.75) is 75.6 Å². The smallest absolute Gasteiger partial charge is 0.0533 e. The summed E-state index contributed by atoms with van der Waals surface area (Å²) in [5, 5.41) is 12.9. The van der Waals surface area contributed by atoms with Crippen LogP contribution in [0.15, 0.2) is 0 Å². The van der Waals surface area contributed by atoms with Crippen molar-refractivity contribution in [3.8, 4) is 0 Å². The Hall–Kier alpha value is -0.352. The van der Waals surface area contributed by atoms with Crippen LogP contribution in [0.25, 0.3) is 0 Å². The van der Waals surface area contributed by atoms with Gasteiger partial charge >= 0.3 is 151 Å². The molecule has 2 amide bonds. The fourth-order valence-electron chi connectivity index (χ4n) is 4.36. The monoisotopic (exact) mass is 492 g/mol. The van der Waals surface area contributed by atoms with E-state index in [0.29, 0.717) is 13.0 Å². The van der Waals surface area contributed by atoms with Crippen LogP contribution in [-0.4, -0.2) is 81.1 Å². The molecule has 0 spiro atoms. The van der Waals surface area contributed by atoms with Crippen LogP contribution in [0.1, 0.15) is 58.8 Å². The molecule has 5 atom stereocenters. The predicted octanol–water partition coefficient (Wildman–Crippen LogP) is 1.38. The van der Waals surface area contributed by atoms with Crippen molar-refractivity contribution in [2.75, 3.05) is 25.4 Å². The van der Waals surface area contributed by atoms with Gasteiger partial charge in [0.05, 0.1) is 0 Å². The molecule has 0 radical (unpaired) electrons. The van der Waals surface area contributed by atoms with Gasteiger partial charge in [-0.3, -0.25) is 0 Å². The van der Waals surface area contributed by atoms with Crippen LogP contribution in [-0.2, 0) is 14.2 Å².